The van der Waals surface area contributed by atoms with Crippen molar-refractivity contribution < 1.29 is 9.72 Å². The van der Waals surface area contributed by atoms with Crippen LogP contribution in [0.4, 0.5) is 5.69 Å². The zero-order chi connectivity index (χ0) is 21.0. The van der Waals surface area contributed by atoms with E-state index in [2.05, 4.69) is 11.9 Å². The summed E-state index contributed by atoms with van der Waals surface area (Å²) in [5.74, 6) is -0.497. The second-order valence-corrected chi connectivity index (χ2v) is 7.88. The molecular weight excluding hydrogens is 410 g/mol. The Hall–Kier alpha value is -2.77. The second-order valence-electron chi connectivity index (χ2n) is 6.38. The second kappa shape index (κ2) is 9.15. The normalized spacial score (nSPS) is 11.6. The van der Waals surface area contributed by atoms with Gasteiger partial charge in [-0.15, -0.1) is 11.3 Å². The largest absolute Gasteiger partial charge is 0.316 e. The van der Waals surface area contributed by atoms with Crippen LogP contribution in [0, 0.1) is 10.1 Å². The third-order valence-corrected chi connectivity index (χ3v) is 5.78. The number of nitrogens with zero attached hydrogens (tertiary/aromatic N) is 3. The van der Waals surface area contributed by atoms with E-state index in [4.69, 9.17) is 11.6 Å². The highest BCUT2D eigenvalue weighted by atomic mass is 35.5. The fraction of sp³-hybridized carbons (Fsp3) is 0.238. The molecule has 3 rings (SSSR count). The Morgan fingerprint density at radius 2 is 1.93 bits per heavy atom. The summed E-state index contributed by atoms with van der Waals surface area (Å²) >= 11 is 7.51. The number of amides is 1. The molecule has 0 spiro atoms. The van der Waals surface area contributed by atoms with Crippen molar-refractivity contribution in [3.8, 4) is 11.3 Å². The number of nitro groups is 1. The number of carbonyl (C=O) groups excluding carboxylic acids is 1. The maximum atomic E-state index is 12.7. The SMILES string of the molecule is CCCc1sc(=NC(=O)c2cccc([N+](=O)[O-])c2)n(CC)c1-c1ccc(Cl)cc1. The summed E-state index contributed by atoms with van der Waals surface area (Å²) in [5.41, 5.74) is 2.11. The molecule has 0 bridgehead atoms. The minimum atomic E-state index is -0.522. The van der Waals surface area contributed by atoms with Crippen LogP contribution >= 0.6 is 22.9 Å². The Kier molecular flexibility index (Phi) is 6.61. The molecular formula is C21H20ClN3O3S. The van der Waals surface area contributed by atoms with E-state index in [0.29, 0.717) is 16.4 Å². The molecule has 0 aliphatic rings. The Morgan fingerprint density at radius 1 is 1.21 bits per heavy atom. The summed E-state index contributed by atoms with van der Waals surface area (Å²) < 4.78 is 2.01. The predicted molar refractivity (Wildman–Crippen MR) is 115 cm³/mol. The summed E-state index contributed by atoms with van der Waals surface area (Å²) in [6.45, 7) is 4.74. The van der Waals surface area contributed by atoms with Crippen molar-refractivity contribution in [2.45, 2.75) is 33.2 Å². The van der Waals surface area contributed by atoms with Gasteiger partial charge in [0.2, 0.25) is 0 Å². The van der Waals surface area contributed by atoms with Crippen molar-refractivity contribution in [2.24, 2.45) is 4.99 Å². The molecule has 1 aromatic heterocycles. The fourth-order valence-corrected chi connectivity index (χ4v) is 4.50. The van der Waals surface area contributed by atoms with Gasteiger partial charge in [-0.05, 0) is 37.1 Å². The number of hydrogen-bond donors (Lipinski definition) is 0. The van der Waals surface area contributed by atoms with Gasteiger partial charge < -0.3 is 4.57 Å². The van der Waals surface area contributed by atoms with Gasteiger partial charge in [0.1, 0.15) is 0 Å². The van der Waals surface area contributed by atoms with Gasteiger partial charge in [-0.3, -0.25) is 14.9 Å². The van der Waals surface area contributed by atoms with Crippen LogP contribution in [0.5, 0.6) is 0 Å². The third kappa shape index (κ3) is 4.63. The van der Waals surface area contributed by atoms with E-state index in [1.165, 1.54) is 35.6 Å². The van der Waals surface area contributed by atoms with Crippen LogP contribution in [0.2, 0.25) is 5.02 Å². The van der Waals surface area contributed by atoms with Gasteiger partial charge in [0, 0.05) is 34.1 Å². The number of halogens is 1. The van der Waals surface area contributed by atoms with Gasteiger partial charge in [-0.2, -0.15) is 4.99 Å². The highest BCUT2D eigenvalue weighted by molar-refractivity contribution is 7.09. The standard InChI is InChI=1S/C21H20ClN3O3S/c1-3-6-18-19(14-9-11-16(22)12-10-14)24(4-2)21(29-18)23-20(26)15-7-5-8-17(13-15)25(27)28/h5,7-13H,3-4,6H2,1-2H3. The van der Waals surface area contributed by atoms with Gasteiger partial charge in [0.25, 0.3) is 11.6 Å². The van der Waals surface area contributed by atoms with Crippen LogP contribution in [-0.2, 0) is 13.0 Å². The summed E-state index contributed by atoms with van der Waals surface area (Å²) in [4.78, 5) is 29.2. The molecule has 1 amide bonds. The molecule has 0 aliphatic heterocycles. The van der Waals surface area contributed by atoms with Crippen LogP contribution in [0.1, 0.15) is 35.5 Å². The minimum Gasteiger partial charge on any atom is -0.316 e. The average Bonchev–Trinajstić information content (AvgIpc) is 3.05. The third-order valence-electron chi connectivity index (χ3n) is 4.39. The predicted octanol–water partition coefficient (Wildman–Crippen LogP) is 5.49. The molecule has 150 valence electrons. The molecule has 6 nitrogen and oxygen atoms in total. The first kappa shape index (κ1) is 21.0. The van der Waals surface area contributed by atoms with Crippen LogP contribution < -0.4 is 4.80 Å². The molecule has 1 heterocycles. The Morgan fingerprint density at radius 3 is 2.55 bits per heavy atom. The van der Waals surface area contributed by atoms with Crippen molar-refractivity contribution >= 4 is 34.5 Å². The molecule has 0 radical (unpaired) electrons. The quantitative estimate of drug-likeness (QED) is 0.384. The van der Waals surface area contributed by atoms with E-state index in [1.54, 1.807) is 0 Å². The maximum Gasteiger partial charge on any atom is 0.279 e. The number of aryl methyl sites for hydroxylation is 1. The highest BCUT2D eigenvalue weighted by Crippen LogP contribution is 2.28. The number of hydrogen-bond acceptors (Lipinski definition) is 4. The summed E-state index contributed by atoms with van der Waals surface area (Å²) in [6.07, 6.45) is 1.83. The van der Waals surface area contributed by atoms with E-state index in [-0.39, 0.29) is 11.3 Å². The van der Waals surface area contributed by atoms with Crippen molar-refractivity contribution in [1.29, 1.82) is 0 Å². The van der Waals surface area contributed by atoms with Crippen LogP contribution in [0.3, 0.4) is 0 Å². The Bertz CT molecular complexity index is 1120. The summed E-state index contributed by atoms with van der Waals surface area (Å²) in [7, 11) is 0. The Labute approximate surface area is 177 Å². The van der Waals surface area contributed by atoms with Gasteiger partial charge >= 0.3 is 0 Å². The number of aromatic nitrogens is 1. The summed E-state index contributed by atoms with van der Waals surface area (Å²) in [6, 6.07) is 13.2. The molecule has 0 unspecified atom stereocenters. The fourth-order valence-electron chi connectivity index (χ4n) is 3.06. The molecule has 0 N–H and O–H groups in total. The smallest absolute Gasteiger partial charge is 0.279 e. The lowest BCUT2D eigenvalue weighted by Gasteiger charge is -2.09. The van der Waals surface area contributed by atoms with Crippen LogP contribution in [0.25, 0.3) is 11.3 Å². The Balaban J connectivity index is 2.13. The lowest BCUT2D eigenvalue weighted by atomic mass is 10.1. The molecule has 3 aromatic rings. The molecule has 0 atom stereocenters. The zero-order valence-corrected chi connectivity index (χ0v) is 17.7. The van der Waals surface area contributed by atoms with Gasteiger partial charge in [0.05, 0.1) is 10.6 Å². The van der Waals surface area contributed by atoms with Crippen molar-refractivity contribution in [2.75, 3.05) is 0 Å². The topological polar surface area (TPSA) is 77.5 Å². The molecule has 8 heteroatoms. The number of thiazole rings is 1. The number of rotatable bonds is 6. The lowest BCUT2D eigenvalue weighted by molar-refractivity contribution is -0.384. The van der Waals surface area contributed by atoms with Crippen molar-refractivity contribution in [3.63, 3.8) is 0 Å². The summed E-state index contributed by atoms with van der Waals surface area (Å²) in [5, 5.41) is 11.6. The van der Waals surface area contributed by atoms with Gasteiger partial charge in [-0.1, -0.05) is 43.1 Å². The zero-order valence-electron chi connectivity index (χ0n) is 16.1. The first-order valence-electron chi connectivity index (χ1n) is 9.26. The number of benzene rings is 2. The monoisotopic (exact) mass is 429 g/mol. The maximum absolute atomic E-state index is 12.7. The van der Waals surface area contributed by atoms with E-state index in [1.807, 2.05) is 35.8 Å². The van der Waals surface area contributed by atoms with Crippen molar-refractivity contribution in [3.05, 3.63) is 78.9 Å². The molecule has 0 saturated heterocycles. The highest BCUT2D eigenvalue weighted by Gasteiger charge is 2.16. The van der Waals surface area contributed by atoms with E-state index >= 15 is 0 Å². The van der Waals surface area contributed by atoms with Gasteiger partial charge in [0.15, 0.2) is 4.80 Å². The molecule has 0 saturated carbocycles. The van der Waals surface area contributed by atoms with Crippen LogP contribution in [0.15, 0.2) is 53.5 Å². The van der Waals surface area contributed by atoms with E-state index in [9.17, 15) is 14.9 Å². The van der Waals surface area contributed by atoms with Gasteiger partial charge in [-0.25, -0.2) is 0 Å². The molecule has 0 fully saturated rings. The first-order chi connectivity index (χ1) is 13.9. The molecule has 0 aliphatic carbocycles. The minimum absolute atomic E-state index is 0.130. The first-order valence-corrected chi connectivity index (χ1v) is 10.5. The van der Waals surface area contributed by atoms with Crippen molar-refractivity contribution in [1.82, 2.24) is 4.57 Å². The number of non-ortho nitro benzene ring substituents is 1. The van der Waals surface area contributed by atoms with E-state index < -0.39 is 10.8 Å². The van der Waals surface area contributed by atoms with Crippen LogP contribution in [-0.4, -0.2) is 15.4 Å². The average molecular weight is 430 g/mol. The lowest BCUT2D eigenvalue weighted by Crippen LogP contribution is -2.17. The molecule has 2 aromatic carbocycles. The van der Waals surface area contributed by atoms with E-state index in [0.717, 1.165) is 29.0 Å². The molecule has 29 heavy (non-hydrogen) atoms. The number of carbonyl (C=O) groups is 1. The number of nitro benzene ring substituents is 1.